The number of halogens is 3. The second-order valence-corrected chi connectivity index (χ2v) is 4.94. The van der Waals surface area contributed by atoms with Crippen LogP contribution in [0, 0.1) is 17.5 Å². The molecule has 1 aromatic heterocycles. The van der Waals surface area contributed by atoms with Crippen molar-refractivity contribution < 1.29 is 13.2 Å². The molecule has 0 saturated heterocycles. The van der Waals surface area contributed by atoms with Gasteiger partial charge in [-0.3, -0.25) is 0 Å². The number of rotatable bonds is 4. The minimum Gasteiger partial charge on any atom is -0.313 e. The second-order valence-electron chi connectivity index (χ2n) is 3.91. The van der Waals surface area contributed by atoms with Crippen molar-refractivity contribution in [2.45, 2.75) is 12.5 Å². The molecule has 1 nitrogen and oxygen atoms in total. The molecule has 18 heavy (non-hydrogen) atoms. The SMILES string of the molecule is CNC(Cc1cccs1)c1c(F)cc(F)cc1F. The van der Waals surface area contributed by atoms with Crippen LogP contribution in [0.1, 0.15) is 16.5 Å². The van der Waals surface area contributed by atoms with E-state index in [1.54, 1.807) is 7.05 Å². The Morgan fingerprint density at radius 2 is 1.89 bits per heavy atom. The van der Waals surface area contributed by atoms with Crippen LogP contribution in [-0.4, -0.2) is 7.05 Å². The molecule has 0 saturated carbocycles. The Morgan fingerprint density at radius 3 is 2.39 bits per heavy atom. The smallest absolute Gasteiger partial charge is 0.133 e. The number of thiophene rings is 1. The van der Waals surface area contributed by atoms with Crippen LogP contribution in [-0.2, 0) is 6.42 Å². The third-order valence-electron chi connectivity index (χ3n) is 2.73. The third-order valence-corrected chi connectivity index (χ3v) is 3.62. The first-order valence-corrected chi connectivity index (χ1v) is 6.34. The highest BCUT2D eigenvalue weighted by molar-refractivity contribution is 7.09. The summed E-state index contributed by atoms with van der Waals surface area (Å²) in [6.45, 7) is 0. The molecule has 1 aromatic carbocycles. The van der Waals surface area contributed by atoms with Gasteiger partial charge in [-0.15, -0.1) is 11.3 Å². The molecule has 0 fully saturated rings. The predicted molar refractivity (Wildman–Crippen MR) is 66.1 cm³/mol. The van der Waals surface area contributed by atoms with Gasteiger partial charge < -0.3 is 5.32 Å². The van der Waals surface area contributed by atoms with E-state index in [1.165, 1.54) is 11.3 Å². The first kappa shape index (κ1) is 13.1. The van der Waals surface area contributed by atoms with Crippen molar-refractivity contribution >= 4 is 11.3 Å². The molecule has 0 radical (unpaired) electrons. The topological polar surface area (TPSA) is 12.0 Å². The average Bonchev–Trinajstić information content (AvgIpc) is 2.79. The third kappa shape index (κ3) is 2.73. The number of benzene rings is 1. The summed E-state index contributed by atoms with van der Waals surface area (Å²) in [4.78, 5) is 1.01. The van der Waals surface area contributed by atoms with Crippen LogP contribution in [0.5, 0.6) is 0 Å². The van der Waals surface area contributed by atoms with E-state index in [1.807, 2.05) is 17.5 Å². The second kappa shape index (κ2) is 5.54. The summed E-state index contributed by atoms with van der Waals surface area (Å²) in [7, 11) is 1.63. The first-order valence-electron chi connectivity index (χ1n) is 5.46. The summed E-state index contributed by atoms with van der Waals surface area (Å²) < 4.78 is 40.2. The van der Waals surface area contributed by atoms with Crippen LogP contribution in [0.2, 0.25) is 0 Å². The summed E-state index contributed by atoms with van der Waals surface area (Å²) in [6, 6.07) is 4.68. The first-order chi connectivity index (χ1) is 8.61. The molecule has 1 unspecified atom stereocenters. The van der Waals surface area contributed by atoms with E-state index >= 15 is 0 Å². The van der Waals surface area contributed by atoms with Gasteiger partial charge >= 0.3 is 0 Å². The number of hydrogen-bond acceptors (Lipinski definition) is 2. The monoisotopic (exact) mass is 271 g/mol. The highest BCUT2D eigenvalue weighted by Gasteiger charge is 2.20. The van der Waals surface area contributed by atoms with E-state index in [0.29, 0.717) is 18.6 Å². The van der Waals surface area contributed by atoms with E-state index in [-0.39, 0.29) is 5.56 Å². The van der Waals surface area contributed by atoms with Crippen molar-refractivity contribution in [3.63, 3.8) is 0 Å². The van der Waals surface area contributed by atoms with Crippen molar-refractivity contribution in [3.05, 3.63) is 57.5 Å². The molecule has 0 spiro atoms. The molecule has 0 bridgehead atoms. The standard InChI is InChI=1S/C13H12F3NS/c1-17-12(7-9-3-2-4-18-9)13-10(15)5-8(14)6-11(13)16/h2-6,12,17H,7H2,1H3. The van der Waals surface area contributed by atoms with E-state index in [4.69, 9.17) is 0 Å². The molecule has 0 aliphatic heterocycles. The lowest BCUT2D eigenvalue weighted by atomic mass is 10.0. The fourth-order valence-corrected chi connectivity index (χ4v) is 2.62. The van der Waals surface area contributed by atoms with Crippen molar-refractivity contribution in [3.8, 4) is 0 Å². The Morgan fingerprint density at radius 1 is 1.22 bits per heavy atom. The largest absolute Gasteiger partial charge is 0.313 e. The van der Waals surface area contributed by atoms with Gasteiger partial charge in [0.15, 0.2) is 0 Å². The van der Waals surface area contributed by atoms with Gasteiger partial charge in [-0.1, -0.05) is 6.07 Å². The van der Waals surface area contributed by atoms with Gasteiger partial charge in [-0.25, -0.2) is 13.2 Å². The normalized spacial score (nSPS) is 12.7. The number of nitrogens with one attached hydrogen (secondary N) is 1. The Labute approximate surface area is 107 Å². The van der Waals surface area contributed by atoms with E-state index in [0.717, 1.165) is 4.88 Å². The van der Waals surface area contributed by atoms with Crippen LogP contribution in [0.3, 0.4) is 0 Å². The van der Waals surface area contributed by atoms with Crippen molar-refractivity contribution in [1.29, 1.82) is 0 Å². The molecule has 96 valence electrons. The summed E-state index contributed by atoms with van der Waals surface area (Å²) in [6.07, 6.45) is 0.466. The molecule has 1 N–H and O–H groups in total. The van der Waals surface area contributed by atoms with Crippen LogP contribution in [0.25, 0.3) is 0 Å². The zero-order valence-corrected chi connectivity index (χ0v) is 10.5. The quantitative estimate of drug-likeness (QED) is 0.894. The minimum atomic E-state index is -0.903. The zero-order chi connectivity index (χ0) is 13.1. The van der Waals surface area contributed by atoms with Crippen LogP contribution in [0.4, 0.5) is 13.2 Å². The van der Waals surface area contributed by atoms with Gasteiger partial charge in [0.25, 0.3) is 0 Å². The maximum Gasteiger partial charge on any atom is 0.133 e. The summed E-state index contributed by atoms with van der Waals surface area (Å²) >= 11 is 1.52. The summed E-state index contributed by atoms with van der Waals surface area (Å²) in [5.74, 6) is -2.62. The Balaban J connectivity index is 2.33. The van der Waals surface area contributed by atoms with E-state index in [2.05, 4.69) is 5.32 Å². The lowest BCUT2D eigenvalue weighted by Gasteiger charge is -2.17. The fourth-order valence-electron chi connectivity index (χ4n) is 1.86. The Hall–Kier alpha value is -1.33. The van der Waals surface area contributed by atoms with Crippen molar-refractivity contribution in [2.75, 3.05) is 7.05 Å². The van der Waals surface area contributed by atoms with E-state index in [9.17, 15) is 13.2 Å². The van der Waals surface area contributed by atoms with Crippen LogP contribution < -0.4 is 5.32 Å². The van der Waals surface area contributed by atoms with Crippen molar-refractivity contribution in [2.24, 2.45) is 0 Å². The molecule has 2 rings (SSSR count). The van der Waals surface area contributed by atoms with Gasteiger partial charge in [-0.05, 0) is 18.5 Å². The number of likely N-dealkylation sites (N-methyl/N-ethyl adjacent to an activating group) is 1. The zero-order valence-electron chi connectivity index (χ0n) is 9.71. The van der Waals surface area contributed by atoms with Gasteiger partial charge in [0, 0.05) is 35.0 Å². The minimum absolute atomic E-state index is 0.118. The summed E-state index contributed by atoms with van der Waals surface area (Å²) in [5.41, 5.74) is -0.118. The molecular weight excluding hydrogens is 259 g/mol. The maximum absolute atomic E-state index is 13.7. The van der Waals surface area contributed by atoms with Crippen LogP contribution in [0.15, 0.2) is 29.6 Å². The molecule has 0 aliphatic rings. The maximum atomic E-state index is 13.7. The molecule has 5 heteroatoms. The molecule has 0 aliphatic carbocycles. The molecule has 1 heterocycles. The molecule has 1 atom stereocenters. The molecule has 0 amide bonds. The lowest BCUT2D eigenvalue weighted by molar-refractivity contribution is 0.476. The highest BCUT2D eigenvalue weighted by atomic mass is 32.1. The number of hydrogen-bond donors (Lipinski definition) is 1. The Kier molecular flexibility index (Phi) is 4.04. The molecular formula is C13H12F3NS. The predicted octanol–water partition coefficient (Wildman–Crippen LogP) is 3.67. The van der Waals surface area contributed by atoms with Gasteiger partial charge in [0.2, 0.25) is 0 Å². The van der Waals surface area contributed by atoms with E-state index < -0.39 is 23.5 Å². The summed E-state index contributed by atoms with van der Waals surface area (Å²) in [5, 5.41) is 4.76. The Bertz CT molecular complexity index is 502. The highest BCUT2D eigenvalue weighted by Crippen LogP contribution is 2.26. The van der Waals surface area contributed by atoms with Crippen molar-refractivity contribution in [1.82, 2.24) is 5.32 Å². The fraction of sp³-hybridized carbons (Fsp3) is 0.231. The van der Waals surface area contributed by atoms with Gasteiger partial charge in [0.05, 0.1) is 0 Å². The average molecular weight is 271 g/mol. The van der Waals surface area contributed by atoms with Gasteiger partial charge in [-0.2, -0.15) is 0 Å². The van der Waals surface area contributed by atoms with Gasteiger partial charge in [0.1, 0.15) is 17.5 Å². The van der Waals surface area contributed by atoms with Crippen LogP contribution >= 0.6 is 11.3 Å². The lowest BCUT2D eigenvalue weighted by Crippen LogP contribution is -2.21. The molecule has 2 aromatic rings.